The Morgan fingerprint density at radius 1 is 0.914 bits per heavy atom. The summed E-state index contributed by atoms with van der Waals surface area (Å²) >= 11 is 12.6. The van der Waals surface area contributed by atoms with Crippen LogP contribution in [-0.4, -0.2) is 33.1 Å². The molecular weight excluding hydrogens is 506 g/mol. The van der Waals surface area contributed by atoms with Crippen molar-refractivity contribution < 1.29 is 19.5 Å². The molecule has 10 heteroatoms. The first kappa shape index (κ1) is 26.2. The summed E-state index contributed by atoms with van der Waals surface area (Å²) < 4.78 is 0. The average Bonchev–Trinajstić information content (AvgIpc) is 2.80. The molecule has 1 unspecified atom stereocenters. The second-order valence-corrected chi connectivity index (χ2v) is 9.72. The van der Waals surface area contributed by atoms with Crippen LogP contribution < -0.4 is 16.0 Å². The van der Waals surface area contributed by atoms with Gasteiger partial charge in [-0.15, -0.1) is 11.8 Å². The Bertz CT molecular complexity index is 1280. The van der Waals surface area contributed by atoms with Crippen molar-refractivity contribution in [2.75, 3.05) is 16.0 Å². The van der Waals surface area contributed by atoms with E-state index in [1.54, 1.807) is 37.3 Å². The normalized spacial score (nSPS) is 11.3. The molecule has 0 aliphatic carbocycles. The predicted octanol–water partition coefficient (Wildman–Crippen LogP) is 6.17. The summed E-state index contributed by atoms with van der Waals surface area (Å²) in [4.78, 5) is 36.1. The van der Waals surface area contributed by atoms with Gasteiger partial charge >= 0.3 is 5.97 Å². The molecule has 0 heterocycles. The van der Waals surface area contributed by atoms with E-state index in [0.717, 1.165) is 16.3 Å². The standard InChI is InChI=1S/C25H22ClN3O4S2/c1-14(30)16-6-8-17(9-7-16)28-25(34)29-18-4-3-5-20(12-18)35-15(2)23(31)27-19-10-11-22(26)21(13-19)24(32)33/h3-13,15H,1-2H3,(H,27,31)(H,32,33)(H2,28,29,34). The SMILES string of the molecule is CC(=O)c1ccc(NC(=S)Nc2cccc(SC(C)C(=O)Nc3ccc(Cl)c(C(=O)O)c3)c2)cc1. The zero-order valence-corrected chi connectivity index (χ0v) is 21.2. The number of ketones is 1. The molecule has 0 saturated heterocycles. The molecule has 3 aromatic rings. The van der Waals surface area contributed by atoms with Crippen molar-refractivity contribution in [2.45, 2.75) is 24.0 Å². The molecule has 0 radical (unpaired) electrons. The van der Waals surface area contributed by atoms with E-state index in [-0.39, 0.29) is 22.3 Å². The highest BCUT2D eigenvalue weighted by Crippen LogP contribution is 2.27. The van der Waals surface area contributed by atoms with E-state index in [4.69, 9.17) is 23.8 Å². The minimum atomic E-state index is -1.17. The van der Waals surface area contributed by atoms with Gasteiger partial charge in [-0.1, -0.05) is 17.7 Å². The summed E-state index contributed by atoms with van der Waals surface area (Å²) in [5, 5.41) is 18.1. The zero-order chi connectivity index (χ0) is 25.5. The van der Waals surface area contributed by atoms with Crippen molar-refractivity contribution in [3.8, 4) is 0 Å². The molecule has 0 spiro atoms. The number of thiocarbonyl (C=S) groups is 1. The van der Waals surface area contributed by atoms with E-state index in [2.05, 4.69) is 16.0 Å². The van der Waals surface area contributed by atoms with Crippen molar-refractivity contribution >= 4 is 75.4 Å². The molecule has 0 bridgehead atoms. The van der Waals surface area contributed by atoms with Gasteiger partial charge in [-0.05, 0) is 86.7 Å². The summed E-state index contributed by atoms with van der Waals surface area (Å²) in [6.07, 6.45) is 0. The number of Topliss-reactive ketones (excluding diaryl/α,β-unsaturated/α-hetero) is 1. The fourth-order valence-electron chi connectivity index (χ4n) is 3.00. The van der Waals surface area contributed by atoms with Crippen LogP contribution in [0.4, 0.5) is 17.1 Å². The van der Waals surface area contributed by atoms with Crippen LogP contribution in [0.25, 0.3) is 0 Å². The molecule has 3 rings (SSSR count). The van der Waals surface area contributed by atoms with Crippen LogP contribution in [-0.2, 0) is 4.79 Å². The largest absolute Gasteiger partial charge is 0.478 e. The van der Waals surface area contributed by atoms with Crippen LogP contribution in [0.15, 0.2) is 71.6 Å². The number of thioether (sulfide) groups is 1. The van der Waals surface area contributed by atoms with E-state index >= 15 is 0 Å². The fraction of sp³-hybridized carbons (Fsp3) is 0.120. The topological polar surface area (TPSA) is 108 Å². The second-order valence-electron chi connectivity index (χ2n) is 7.49. The van der Waals surface area contributed by atoms with Gasteiger partial charge in [0.25, 0.3) is 0 Å². The summed E-state index contributed by atoms with van der Waals surface area (Å²) in [6, 6.07) is 18.8. The van der Waals surface area contributed by atoms with Crippen LogP contribution in [0.5, 0.6) is 0 Å². The number of carboxylic acid groups (broad SMARTS) is 1. The molecule has 7 nitrogen and oxygen atoms in total. The molecule has 1 atom stereocenters. The monoisotopic (exact) mass is 527 g/mol. The molecule has 180 valence electrons. The lowest BCUT2D eigenvalue weighted by Crippen LogP contribution is -2.22. The predicted molar refractivity (Wildman–Crippen MR) is 145 cm³/mol. The van der Waals surface area contributed by atoms with Crippen LogP contribution in [0.2, 0.25) is 5.02 Å². The van der Waals surface area contributed by atoms with E-state index in [1.807, 2.05) is 24.3 Å². The fourth-order valence-corrected chi connectivity index (χ4v) is 4.36. The van der Waals surface area contributed by atoms with E-state index in [1.165, 1.54) is 30.8 Å². The number of aromatic carboxylic acids is 1. The number of benzene rings is 3. The maximum absolute atomic E-state index is 12.6. The Kier molecular flexibility index (Phi) is 8.86. The first-order valence-electron chi connectivity index (χ1n) is 10.4. The lowest BCUT2D eigenvalue weighted by atomic mass is 10.1. The highest BCUT2D eigenvalue weighted by atomic mass is 35.5. The van der Waals surface area contributed by atoms with Crippen molar-refractivity contribution in [1.82, 2.24) is 0 Å². The minimum absolute atomic E-state index is 0.00680. The molecule has 0 fully saturated rings. The Hall–Kier alpha value is -3.40. The lowest BCUT2D eigenvalue weighted by Gasteiger charge is -2.14. The van der Waals surface area contributed by atoms with Crippen LogP contribution in [0.3, 0.4) is 0 Å². The summed E-state index contributed by atoms with van der Waals surface area (Å²) in [5.41, 5.74) is 2.38. The number of nitrogens with one attached hydrogen (secondary N) is 3. The first-order valence-corrected chi connectivity index (χ1v) is 12.1. The highest BCUT2D eigenvalue weighted by molar-refractivity contribution is 8.00. The summed E-state index contributed by atoms with van der Waals surface area (Å²) in [7, 11) is 0. The van der Waals surface area contributed by atoms with Gasteiger partial charge in [0.1, 0.15) is 0 Å². The van der Waals surface area contributed by atoms with Gasteiger partial charge in [0, 0.05) is 27.5 Å². The zero-order valence-electron chi connectivity index (χ0n) is 18.8. The maximum atomic E-state index is 12.6. The molecular formula is C25H22ClN3O4S2. The van der Waals surface area contributed by atoms with E-state index in [0.29, 0.717) is 16.4 Å². The van der Waals surface area contributed by atoms with E-state index in [9.17, 15) is 19.5 Å². The third kappa shape index (κ3) is 7.54. The molecule has 0 aliphatic rings. The molecule has 0 saturated carbocycles. The molecule has 0 aliphatic heterocycles. The Morgan fingerprint density at radius 2 is 1.54 bits per heavy atom. The van der Waals surface area contributed by atoms with Crippen molar-refractivity contribution in [3.05, 3.63) is 82.9 Å². The van der Waals surface area contributed by atoms with Gasteiger partial charge in [0.05, 0.1) is 15.8 Å². The van der Waals surface area contributed by atoms with Gasteiger partial charge in [0.2, 0.25) is 5.91 Å². The third-order valence-corrected chi connectivity index (χ3v) is 6.42. The number of anilines is 3. The summed E-state index contributed by atoms with van der Waals surface area (Å²) in [6.45, 7) is 3.27. The van der Waals surface area contributed by atoms with Crippen LogP contribution in [0, 0.1) is 0 Å². The molecule has 35 heavy (non-hydrogen) atoms. The van der Waals surface area contributed by atoms with E-state index < -0.39 is 11.2 Å². The van der Waals surface area contributed by atoms with Gasteiger partial charge in [-0.25, -0.2) is 4.79 Å². The molecule has 1 amide bonds. The van der Waals surface area contributed by atoms with Crippen LogP contribution >= 0.6 is 35.6 Å². The second kappa shape index (κ2) is 11.8. The molecule has 3 aromatic carbocycles. The Labute approximate surface area is 217 Å². The number of hydrogen-bond donors (Lipinski definition) is 4. The highest BCUT2D eigenvalue weighted by Gasteiger charge is 2.17. The number of carbonyl (C=O) groups excluding carboxylic acids is 2. The van der Waals surface area contributed by atoms with Gasteiger partial charge < -0.3 is 21.1 Å². The quantitative estimate of drug-likeness (QED) is 0.156. The Balaban J connectivity index is 1.58. The number of rotatable bonds is 8. The minimum Gasteiger partial charge on any atom is -0.478 e. The van der Waals surface area contributed by atoms with Crippen molar-refractivity contribution in [2.24, 2.45) is 0 Å². The number of halogens is 1. The summed E-state index contributed by atoms with van der Waals surface area (Å²) in [5.74, 6) is -1.45. The number of carbonyl (C=O) groups is 3. The van der Waals surface area contributed by atoms with Gasteiger partial charge in [0.15, 0.2) is 10.9 Å². The molecule has 4 N–H and O–H groups in total. The average molecular weight is 528 g/mol. The van der Waals surface area contributed by atoms with Crippen molar-refractivity contribution in [1.29, 1.82) is 0 Å². The first-order chi connectivity index (χ1) is 16.6. The lowest BCUT2D eigenvalue weighted by molar-refractivity contribution is -0.115. The third-order valence-electron chi connectivity index (χ3n) is 4.79. The van der Waals surface area contributed by atoms with Crippen LogP contribution in [0.1, 0.15) is 34.6 Å². The Morgan fingerprint density at radius 3 is 2.20 bits per heavy atom. The van der Waals surface area contributed by atoms with Crippen molar-refractivity contribution in [3.63, 3.8) is 0 Å². The smallest absolute Gasteiger partial charge is 0.337 e. The van der Waals surface area contributed by atoms with Gasteiger partial charge in [-0.2, -0.15) is 0 Å². The number of carboxylic acids is 1. The van der Waals surface area contributed by atoms with Gasteiger partial charge in [-0.3, -0.25) is 9.59 Å². The maximum Gasteiger partial charge on any atom is 0.337 e. The number of amides is 1. The number of hydrogen-bond acceptors (Lipinski definition) is 5. The molecule has 0 aromatic heterocycles.